The summed E-state index contributed by atoms with van der Waals surface area (Å²) in [6.07, 6.45) is 3.09. The van der Waals surface area contributed by atoms with Gasteiger partial charge in [0, 0.05) is 13.1 Å². The van der Waals surface area contributed by atoms with Gasteiger partial charge in [0.15, 0.2) is 5.96 Å². The average molecular weight is 287 g/mol. The Hall–Kier alpha value is -1.38. The Bertz CT molecular complexity index is 279. The number of carbonyl (C=O) groups excluding carboxylic acids is 1. The number of aliphatic imine (C=N–C) groups is 1. The summed E-state index contributed by atoms with van der Waals surface area (Å²) in [6.45, 7) is 3.58. The molecule has 0 bridgehead atoms. The molecule has 1 amide bonds. The van der Waals surface area contributed by atoms with E-state index in [1.54, 1.807) is 0 Å². The van der Waals surface area contributed by atoms with Crippen LogP contribution in [0.25, 0.3) is 0 Å². The summed E-state index contributed by atoms with van der Waals surface area (Å²) < 4.78 is 0. The van der Waals surface area contributed by atoms with E-state index in [1.165, 1.54) is 0 Å². The predicted octanol–water partition coefficient (Wildman–Crippen LogP) is -2.19. The zero-order valence-electron chi connectivity index (χ0n) is 12.1. The van der Waals surface area contributed by atoms with Crippen LogP contribution in [0.2, 0.25) is 0 Å². The molecule has 0 rings (SSSR count). The van der Waals surface area contributed by atoms with Crippen LogP contribution in [0.4, 0.5) is 0 Å². The molecule has 0 aliphatic rings. The fourth-order valence-electron chi connectivity index (χ4n) is 1.56. The van der Waals surface area contributed by atoms with E-state index >= 15 is 0 Å². The lowest BCUT2D eigenvalue weighted by atomic mass is 10.1. The number of amides is 1. The predicted molar refractivity (Wildman–Crippen MR) is 82.1 cm³/mol. The molecule has 0 saturated carbocycles. The molecule has 0 unspecified atom stereocenters. The van der Waals surface area contributed by atoms with E-state index in [0.717, 1.165) is 25.9 Å². The molecular weight excluding hydrogens is 258 g/mol. The Labute approximate surface area is 120 Å². The number of nitrogens with zero attached hydrogens (tertiary/aromatic N) is 1. The number of nitrogens with two attached hydrogens (primary N) is 4. The number of hydrogen-bond donors (Lipinski definition) is 6. The van der Waals surface area contributed by atoms with Crippen molar-refractivity contribution in [2.45, 2.75) is 31.7 Å². The third-order valence-corrected chi connectivity index (χ3v) is 2.69. The molecule has 118 valence electrons. The molecule has 0 heterocycles. The Morgan fingerprint density at radius 2 is 1.80 bits per heavy atom. The largest absolute Gasteiger partial charge is 0.370 e. The molecule has 1 atom stereocenters. The zero-order chi connectivity index (χ0) is 15.2. The van der Waals surface area contributed by atoms with Gasteiger partial charge in [0.05, 0.1) is 6.04 Å². The van der Waals surface area contributed by atoms with Gasteiger partial charge in [-0.05, 0) is 45.3 Å². The molecule has 8 nitrogen and oxygen atoms in total. The molecule has 20 heavy (non-hydrogen) atoms. The van der Waals surface area contributed by atoms with Crippen molar-refractivity contribution in [2.75, 3.05) is 32.7 Å². The van der Waals surface area contributed by atoms with Crippen molar-refractivity contribution in [3.63, 3.8) is 0 Å². The lowest BCUT2D eigenvalue weighted by molar-refractivity contribution is -0.122. The van der Waals surface area contributed by atoms with E-state index in [0.29, 0.717) is 32.5 Å². The van der Waals surface area contributed by atoms with Crippen molar-refractivity contribution in [1.29, 1.82) is 0 Å². The molecule has 0 radical (unpaired) electrons. The van der Waals surface area contributed by atoms with Gasteiger partial charge in [-0.15, -0.1) is 0 Å². The van der Waals surface area contributed by atoms with Crippen LogP contribution in [0.3, 0.4) is 0 Å². The summed E-state index contributed by atoms with van der Waals surface area (Å²) in [5.74, 6) is -0.0678. The first-order chi connectivity index (χ1) is 9.57. The highest BCUT2D eigenvalue weighted by Gasteiger charge is 2.11. The average Bonchev–Trinajstić information content (AvgIpc) is 2.41. The molecule has 8 heteroatoms. The second-order valence-corrected chi connectivity index (χ2v) is 4.59. The standard InChI is InChI=1S/C12H29N7O/c13-5-2-6-17-7-3-9-18-11(20)10(14)4-1-8-19-12(15)16/h10,17H,1-9,13-14H2,(H,18,20)(H4,15,16,19)/t10-/m0/s1. The highest BCUT2D eigenvalue weighted by Crippen LogP contribution is 1.95. The minimum Gasteiger partial charge on any atom is -0.370 e. The first kappa shape index (κ1) is 18.6. The smallest absolute Gasteiger partial charge is 0.236 e. The number of nitrogens with one attached hydrogen (secondary N) is 2. The third-order valence-electron chi connectivity index (χ3n) is 2.69. The van der Waals surface area contributed by atoms with Crippen LogP contribution in [-0.4, -0.2) is 50.6 Å². The van der Waals surface area contributed by atoms with Crippen molar-refractivity contribution < 1.29 is 4.79 Å². The molecule has 0 aliphatic heterocycles. The maximum atomic E-state index is 11.6. The minimum atomic E-state index is -0.505. The Morgan fingerprint density at radius 3 is 2.45 bits per heavy atom. The second-order valence-electron chi connectivity index (χ2n) is 4.59. The third kappa shape index (κ3) is 11.7. The Balaban J connectivity index is 3.48. The molecule has 10 N–H and O–H groups in total. The van der Waals surface area contributed by atoms with E-state index in [-0.39, 0.29) is 11.9 Å². The van der Waals surface area contributed by atoms with Crippen molar-refractivity contribution in [2.24, 2.45) is 27.9 Å². The zero-order valence-corrected chi connectivity index (χ0v) is 12.1. The van der Waals surface area contributed by atoms with E-state index in [9.17, 15) is 4.79 Å². The Kier molecular flexibility index (Phi) is 11.8. The van der Waals surface area contributed by atoms with E-state index in [2.05, 4.69) is 15.6 Å². The topological polar surface area (TPSA) is 158 Å². The van der Waals surface area contributed by atoms with Crippen molar-refractivity contribution >= 4 is 11.9 Å². The van der Waals surface area contributed by atoms with E-state index in [1.807, 2.05) is 0 Å². The number of rotatable bonds is 12. The van der Waals surface area contributed by atoms with Gasteiger partial charge in [0.1, 0.15) is 0 Å². The van der Waals surface area contributed by atoms with Crippen LogP contribution in [0.15, 0.2) is 4.99 Å². The van der Waals surface area contributed by atoms with E-state index in [4.69, 9.17) is 22.9 Å². The molecule has 0 aromatic heterocycles. The molecule has 0 aromatic rings. The highest BCUT2D eigenvalue weighted by molar-refractivity contribution is 5.81. The molecule has 0 aliphatic carbocycles. The fourth-order valence-corrected chi connectivity index (χ4v) is 1.56. The van der Waals surface area contributed by atoms with Crippen LogP contribution in [-0.2, 0) is 4.79 Å². The fraction of sp³-hybridized carbons (Fsp3) is 0.833. The van der Waals surface area contributed by atoms with Crippen LogP contribution in [0, 0.1) is 0 Å². The number of carbonyl (C=O) groups is 1. The lowest BCUT2D eigenvalue weighted by Gasteiger charge is -2.11. The molecule has 0 fully saturated rings. The maximum absolute atomic E-state index is 11.6. The summed E-state index contributed by atoms with van der Waals surface area (Å²) in [7, 11) is 0. The summed E-state index contributed by atoms with van der Waals surface area (Å²) in [4.78, 5) is 15.5. The monoisotopic (exact) mass is 287 g/mol. The molecule has 0 aromatic carbocycles. The summed E-state index contributed by atoms with van der Waals surface area (Å²) in [6, 6.07) is -0.505. The molecule has 0 saturated heterocycles. The highest BCUT2D eigenvalue weighted by atomic mass is 16.2. The van der Waals surface area contributed by atoms with Gasteiger partial charge in [0.25, 0.3) is 0 Å². The first-order valence-corrected chi connectivity index (χ1v) is 7.07. The van der Waals surface area contributed by atoms with Crippen LogP contribution in [0.5, 0.6) is 0 Å². The Morgan fingerprint density at radius 1 is 1.10 bits per heavy atom. The van der Waals surface area contributed by atoms with Crippen molar-refractivity contribution in [3.05, 3.63) is 0 Å². The SMILES string of the molecule is NCCCNCCCNC(=O)[C@@H](N)CCCN=C(N)N. The van der Waals surface area contributed by atoms with Crippen molar-refractivity contribution in [3.8, 4) is 0 Å². The molecule has 0 spiro atoms. The minimum absolute atomic E-state index is 0.0603. The van der Waals surface area contributed by atoms with E-state index < -0.39 is 6.04 Å². The quantitative estimate of drug-likeness (QED) is 0.136. The van der Waals surface area contributed by atoms with Gasteiger partial charge in [0.2, 0.25) is 5.91 Å². The number of hydrogen-bond acceptors (Lipinski definition) is 5. The van der Waals surface area contributed by atoms with Gasteiger partial charge < -0.3 is 33.6 Å². The van der Waals surface area contributed by atoms with Crippen molar-refractivity contribution in [1.82, 2.24) is 10.6 Å². The van der Waals surface area contributed by atoms with Gasteiger partial charge >= 0.3 is 0 Å². The van der Waals surface area contributed by atoms with Gasteiger partial charge in [-0.1, -0.05) is 0 Å². The summed E-state index contributed by atoms with van der Waals surface area (Å²) in [5, 5.41) is 6.05. The van der Waals surface area contributed by atoms with Gasteiger partial charge in [-0.25, -0.2) is 0 Å². The van der Waals surface area contributed by atoms with Gasteiger partial charge in [-0.3, -0.25) is 9.79 Å². The number of guanidine groups is 1. The maximum Gasteiger partial charge on any atom is 0.236 e. The van der Waals surface area contributed by atoms with Gasteiger partial charge in [-0.2, -0.15) is 0 Å². The normalized spacial score (nSPS) is 11.9. The summed E-state index contributed by atoms with van der Waals surface area (Å²) >= 11 is 0. The van der Waals surface area contributed by atoms with Crippen LogP contribution >= 0.6 is 0 Å². The lowest BCUT2D eigenvalue weighted by Crippen LogP contribution is -2.41. The molecular formula is C12H29N7O. The second kappa shape index (κ2) is 12.6. The first-order valence-electron chi connectivity index (χ1n) is 7.07. The van der Waals surface area contributed by atoms with Crippen LogP contribution in [0.1, 0.15) is 25.7 Å². The summed E-state index contributed by atoms with van der Waals surface area (Å²) in [5.41, 5.74) is 21.5. The van der Waals surface area contributed by atoms with Crippen LogP contribution < -0.4 is 33.6 Å².